The molecule has 0 aliphatic carbocycles. The standard InChI is InChI=1S/C27H27FN6O3/c1-16-14-34-15-18(13-21(28)24(34)31-16)32-25(35)20-6-5-19(22-23(20)30-10-9-29-22)17-7-11-33(12-8-17)26(36)37-27(2,3)4/h5-7,9-10,13-15H,8,11-12H2,1-4H3,(H,32,35). The Morgan fingerprint density at radius 2 is 1.86 bits per heavy atom. The van der Waals surface area contributed by atoms with Gasteiger partial charge in [-0.25, -0.2) is 14.2 Å². The maximum Gasteiger partial charge on any atom is 0.410 e. The van der Waals surface area contributed by atoms with Crippen molar-refractivity contribution in [1.29, 1.82) is 0 Å². The fraction of sp³-hybridized carbons (Fsp3) is 0.296. The molecule has 190 valence electrons. The summed E-state index contributed by atoms with van der Waals surface area (Å²) in [5.41, 5.74) is 3.81. The molecule has 0 spiro atoms. The molecule has 1 aliphatic rings. The van der Waals surface area contributed by atoms with Crippen LogP contribution in [0.4, 0.5) is 14.9 Å². The smallest absolute Gasteiger partial charge is 0.410 e. The van der Waals surface area contributed by atoms with Crippen molar-refractivity contribution in [2.45, 2.75) is 39.7 Å². The van der Waals surface area contributed by atoms with E-state index in [-0.39, 0.29) is 11.7 Å². The average molecular weight is 503 g/mol. The van der Waals surface area contributed by atoms with E-state index >= 15 is 0 Å². The third-order valence-corrected chi connectivity index (χ3v) is 5.96. The molecule has 37 heavy (non-hydrogen) atoms. The van der Waals surface area contributed by atoms with Crippen LogP contribution < -0.4 is 5.32 Å². The van der Waals surface area contributed by atoms with Crippen LogP contribution in [-0.2, 0) is 4.74 Å². The predicted octanol–water partition coefficient (Wildman–Crippen LogP) is 5.00. The second-order valence-corrected chi connectivity index (χ2v) is 9.96. The lowest BCUT2D eigenvalue weighted by Gasteiger charge is -2.29. The lowest BCUT2D eigenvalue weighted by atomic mass is 9.96. The molecule has 0 fully saturated rings. The Kier molecular flexibility index (Phi) is 6.10. The van der Waals surface area contributed by atoms with E-state index in [1.165, 1.54) is 16.7 Å². The highest BCUT2D eigenvalue weighted by Gasteiger charge is 2.25. The molecule has 0 saturated carbocycles. The molecule has 4 heterocycles. The van der Waals surface area contributed by atoms with Crippen LogP contribution in [0.5, 0.6) is 0 Å². The third-order valence-electron chi connectivity index (χ3n) is 5.96. The van der Waals surface area contributed by atoms with E-state index in [1.807, 2.05) is 32.9 Å². The number of rotatable bonds is 3. The fourth-order valence-corrected chi connectivity index (χ4v) is 4.35. The van der Waals surface area contributed by atoms with E-state index in [9.17, 15) is 14.0 Å². The van der Waals surface area contributed by atoms with Gasteiger partial charge in [-0.2, -0.15) is 0 Å². The van der Waals surface area contributed by atoms with Crippen LogP contribution in [0, 0.1) is 12.7 Å². The number of aryl methyl sites for hydroxylation is 1. The number of hydrogen-bond acceptors (Lipinski definition) is 6. The van der Waals surface area contributed by atoms with Gasteiger partial charge in [-0.05, 0) is 45.8 Å². The maximum absolute atomic E-state index is 14.5. The molecule has 1 aliphatic heterocycles. The van der Waals surface area contributed by atoms with Crippen LogP contribution in [0.3, 0.4) is 0 Å². The first-order valence-electron chi connectivity index (χ1n) is 12.0. The van der Waals surface area contributed by atoms with Gasteiger partial charge in [0.1, 0.15) is 11.1 Å². The monoisotopic (exact) mass is 502 g/mol. The van der Waals surface area contributed by atoms with Gasteiger partial charge in [0.05, 0.1) is 22.5 Å². The summed E-state index contributed by atoms with van der Waals surface area (Å²) in [4.78, 5) is 40.3. The minimum atomic E-state index is -0.557. The van der Waals surface area contributed by atoms with E-state index in [0.29, 0.717) is 47.5 Å². The molecule has 4 aromatic rings. The number of aromatic nitrogens is 4. The average Bonchev–Trinajstić information content (AvgIpc) is 3.23. The van der Waals surface area contributed by atoms with E-state index in [4.69, 9.17) is 4.74 Å². The maximum atomic E-state index is 14.5. The van der Waals surface area contributed by atoms with Crippen LogP contribution in [-0.4, -0.2) is 54.9 Å². The Morgan fingerprint density at radius 3 is 2.57 bits per heavy atom. The van der Waals surface area contributed by atoms with Crippen LogP contribution in [0.2, 0.25) is 0 Å². The molecule has 0 saturated heterocycles. The highest BCUT2D eigenvalue weighted by atomic mass is 19.1. The number of ether oxygens (including phenoxy) is 1. The number of amides is 2. The van der Waals surface area contributed by atoms with Crippen molar-refractivity contribution in [2.75, 3.05) is 18.4 Å². The quantitative estimate of drug-likeness (QED) is 0.423. The number of halogens is 1. The van der Waals surface area contributed by atoms with Gasteiger partial charge in [0.25, 0.3) is 5.91 Å². The minimum absolute atomic E-state index is 0.196. The first kappa shape index (κ1) is 24.4. The minimum Gasteiger partial charge on any atom is -0.444 e. The first-order chi connectivity index (χ1) is 17.6. The Bertz CT molecular complexity index is 1570. The number of carbonyl (C=O) groups excluding carboxylic acids is 2. The van der Waals surface area contributed by atoms with Gasteiger partial charge in [-0.15, -0.1) is 0 Å². The summed E-state index contributed by atoms with van der Waals surface area (Å²) in [6, 6.07) is 4.77. The zero-order valence-corrected chi connectivity index (χ0v) is 21.1. The Balaban J connectivity index is 1.41. The largest absolute Gasteiger partial charge is 0.444 e. The lowest BCUT2D eigenvalue weighted by molar-refractivity contribution is 0.0270. The summed E-state index contributed by atoms with van der Waals surface area (Å²) < 4.78 is 21.5. The van der Waals surface area contributed by atoms with Crippen molar-refractivity contribution in [3.05, 3.63) is 71.7 Å². The number of nitrogens with zero attached hydrogens (tertiary/aromatic N) is 5. The number of nitrogens with one attached hydrogen (secondary N) is 1. The summed E-state index contributed by atoms with van der Waals surface area (Å²) in [6.45, 7) is 8.21. The normalized spacial score (nSPS) is 14.1. The van der Waals surface area contributed by atoms with Crippen molar-refractivity contribution >= 4 is 39.9 Å². The van der Waals surface area contributed by atoms with Crippen molar-refractivity contribution in [3.63, 3.8) is 0 Å². The molecule has 2 amide bonds. The number of carbonyl (C=O) groups is 2. The molecule has 1 aromatic carbocycles. The molecule has 3 aromatic heterocycles. The molecule has 0 bridgehead atoms. The van der Waals surface area contributed by atoms with Gasteiger partial charge < -0.3 is 19.4 Å². The van der Waals surface area contributed by atoms with E-state index in [2.05, 4.69) is 20.3 Å². The Labute approximate surface area is 213 Å². The SMILES string of the molecule is Cc1cn2cc(NC(=O)c3ccc(C4=CCN(C(=O)OC(C)(C)C)CC4)c4nccnc34)cc(F)c2n1. The fourth-order valence-electron chi connectivity index (χ4n) is 4.35. The Hall–Kier alpha value is -4.34. The van der Waals surface area contributed by atoms with Crippen LogP contribution in [0.15, 0.2) is 49.1 Å². The zero-order chi connectivity index (χ0) is 26.3. The number of benzene rings is 1. The molecular formula is C27H27FN6O3. The topological polar surface area (TPSA) is 102 Å². The number of anilines is 1. The summed E-state index contributed by atoms with van der Waals surface area (Å²) in [7, 11) is 0. The van der Waals surface area contributed by atoms with Crippen LogP contribution >= 0.6 is 0 Å². The van der Waals surface area contributed by atoms with Crippen molar-refractivity contribution in [3.8, 4) is 0 Å². The third kappa shape index (κ3) is 5.00. The Morgan fingerprint density at radius 1 is 1.11 bits per heavy atom. The molecule has 5 rings (SSSR count). The summed E-state index contributed by atoms with van der Waals surface area (Å²) in [5.74, 6) is -0.961. The molecular weight excluding hydrogens is 475 g/mol. The summed E-state index contributed by atoms with van der Waals surface area (Å²) in [6.07, 6.45) is 8.64. The van der Waals surface area contributed by atoms with Gasteiger partial charge in [-0.3, -0.25) is 14.8 Å². The van der Waals surface area contributed by atoms with Crippen molar-refractivity contribution in [2.24, 2.45) is 0 Å². The molecule has 10 heteroatoms. The number of imidazole rings is 1. The van der Waals surface area contributed by atoms with E-state index in [0.717, 1.165) is 11.1 Å². The second kappa shape index (κ2) is 9.27. The van der Waals surface area contributed by atoms with Crippen molar-refractivity contribution in [1.82, 2.24) is 24.3 Å². The van der Waals surface area contributed by atoms with E-state index in [1.54, 1.807) is 36.5 Å². The van der Waals surface area contributed by atoms with Gasteiger partial charge in [0, 0.05) is 49.5 Å². The number of fused-ring (bicyclic) bond motifs is 2. The number of pyridine rings is 1. The van der Waals surface area contributed by atoms with Crippen molar-refractivity contribution < 1.29 is 18.7 Å². The van der Waals surface area contributed by atoms with E-state index < -0.39 is 17.3 Å². The van der Waals surface area contributed by atoms with Crippen LogP contribution in [0.1, 0.15) is 48.8 Å². The summed E-state index contributed by atoms with van der Waals surface area (Å²) in [5, 5.41) is 2.76. The molecule has 1 N–H and O–H groups in total. The second-order valence-electron chi connectivity index (χ2n) is 9.96. The number of hydrogen-bond donors (Lipinski definition) is 1. The highest BCUT2D eigenvalue weighted by molar-refractivity contribution is 6.12. The van der Waals surface area contributed by atoms with Gasteiger partial charge in [0.2, 0.25) is 0 Å². The molecule has 9 nitrogen and oxygen atoms in total. The molecule has 0 radical (unpaired) electrons. The lowest BCUT2D eigenvalue weighted by Crippen LogP contribution is -2.39. The van der Waals surface area contributed by atoms with Gasteiger partial charge >= 0.3 is 6.09 Å². The summed E-state index contributed by atoms with van der Waals surface area (Å²) >= 11 is 0. The molecule has 0 atom stereocenters. The first-order valence-corrected chi connectivity index (χ1v) is 12.0. The molecule has 0 unspecified atom stereocenters. The van der Waals surface area contributed by atoms with Gasteiger partial charge in [-0.1, -0.05) is 12.1 Å². The van der Waals surface area contributed by atoms with Crippen LogP contribution in [0.25, 0.3) is 22.3 Å². The predicted molar refractivity (Wildman–Crippen MR) is 138 cm³/mol. The van der Waals surface area contributed by atoms with Gasteiger partial charge in [0.15, 0.2) is 11.5 Å². The zero-order valence-electron chi connectivity index (χ0n) is 21.1. The highest BCUT2D eigenvalue weighted by Crippen LogP contribution is 2.30.